The van der Waals surface area contributed by atoms with Crippen molar-refractivity contribution in [2.45, 2.75) is 17.7 Å². The molecule has 0 aliphatic carbocycles. The molecule has 4 nitrogen and oxygen atoms in total. The first kappa shape index (κ1) is 11.3. The van der Waals surface area contributed by atoms with Crippen molar-refractivity contribution < 1.29 is 0 Å². The van der Waals surface area contributed by atoms with E-state index >= 15 is 0 Å². The van der Waals surface area contributed by atoms with Crippen molar-refractivity contribution in [3.63, 3.8) is 0 Å². The quantitative estimate of drug-likeness (QED) is 0.829. The van der Waals surface area contributed by atoms with E-state index < -0.39 is 0 Å². The molecule has 84 valence electrons. The van der Waals surface area contributed by atoms with Crippen LogP contribution < -0.4 is 5.32 Å². The Morgan fingerprint density at radius 2 is 2.25 bits per heavy atom. The molecule has 0 unspecified atom stereocenters. The number of nitrogens with one attached hydrogen (secondary N) is 1. The van der Waals surface area contributed by atoms with Gasteiger partial charge in [0.15, 0.2) is 5.13 Å². The number of thiazole rings is 1. The number of thioether (sulfide) groups is 1. The molecule has 2 aromatic rings. The van der Waals surface area contributed by atoms with E-state index in [0.29, 0.717) is 0 Å². The Morgan fingerprint density at radius 1 is 1.31 bits per heavy atom. The predicted octanol–water partition coefficient (Wildman–Crippen LogP) is 2.66. The van der Waals surface area contributed by atoms with E-state index in [-0.39, 0.29) is 0 Å². The van der Waals surface area contributed by atoms with Crippen LogP contribution in [0.4, 0.5) is 5.13 Å². The van der Waals surface area contributed by atoms with Gasteiger partial charge in [-0.1, -0.05) is 11.8 Å². The van der Waals surface area contributed by atoms with Gasteiger partial charge in [0.05, 0.1) is 6.20 Å². The summed E-state index contributed by atoms with van der Waals surface area (Å²) in [7, 11) is 0. The summed E-state index contributed by atoms with van der Waals surface area (Å²) in [5, 5.41) is 5.13. The van der Waals surface area contributed by atoms with E-state index in [1.54, 1.807) is 41.7 Å². The van der Waals surface area contributed by atoms with E-state index in [1.165, 1.54) is 4.88 Å². The van der Waals surface area contributed by atoms with Crippen molar-refractivity contribution in [3.05, 3.63) is 29.7 Å². The molecule has 0 aliphatic heterocycles. The lowest BCUT2D eigenvalue weighted by Gasteiger charge is -1.96. The van der Waals surface area contributed by atoms with Crippen LogP contribution in [0.1, 0.15) is 11.8 Å². The average molecular weight is 252 g/mol. The molecule has 6 heteroatoms. The maximum Gasteiger partial charge on any atom is 0.182 e. The van der Waals surface area contributed by atoms with Crippen LogP contribution in [0.3, 0.4) is 0 Å². The SMILES string of the molecule is CCNc1ncc(CSc2cnccn2)s1. The predicted molar refractivity (Wildman–Crippen MR) is 67.9 cm³/mol. The van der Waals surface area contributed by atoms with Gasteiger partial charge in [0.25, 0.3) is 0 Å². The van der Waals surface area contributed by atoms with Gasteiger partial charge in [-0.25, -0.2) is 9.97 Å². The zero-order chi connectivity index (χ0) is 11.2. The zero-order valence-corrected chi connectivity index (χ0v) is 10.5. The van der Waals surface area contributed by atoms with Gasteiger partial charge >= 0.3 is 0 Å². The highest BCUT2D eigenvalue weighted by Crippen LogP contribution is 2.25. The molecule has 0 bridgehead atoms. The number of anilines is 1. The molecule has 0 atom stereocenters. The molecule has 2 rings (SSSR count). The fraction of sp³-hybridized carbons (Fsp3) is 0.300. The highest BCUT2D eigenvalue weighted by Gasteiger charge is 2.02. The molecule has 0 aromatic carbocycles. The minimum atomic E-state index is 0.891. The van der Waals surface area contributed by atoms with Gasteiger partial charge in [0.1, 0.15) is 5.03 Å². The van der Waals surface area contributed by atoms with E-state index in [4.69, 9.17) is 0 Å². The topological polar surface area (TPSA) is 50.7 Å². The first-order chi connectivity index (χ1) is 7.88. The van der Waals surface area contributed by atoms with Crippen molar-refractivity contribution in [2.24, 2.45) is 0 Å². The van der Waals surface area contributed by atoms with Gasteiger partial charge in [-0.15, -0.1) is 11.3 Å². The lowest BCUT2D eigenvalue weighted by Crippen LogP contribution is -1.94. The summed E-state index contributed by atoms with van der Waals surface area (Å²) < 4.78 is 0. The Kier molecular flexibility index (Phi) is 4.12. The van der Waals surface area contributed by atoms with Crippen LogP contribution in [-0.2, 0) is 5.75 Å². The lowest BCUT2D eigenvalue weighted by molar-refractivity contribution is 1.05. The van der Waals surface area contributed by atoms with Gasteiger partial charge in [-0.3, -0.25) is 4.98 Å². The van der Waals surface area contributed by atoms with Crippen LogP contribution in [0, 0.1) is 0 Å². The van der Waals surface area contributed by atoms with Crippen molar-refractivity contribution in [2.75, 3.05) is 11.9 Å². The molecular weight excluding hydrogens is 240 g/mol. The Hall–Kier alpha value is -1.14. The molecular formula is C10H12N4S2. The zero-order valence-electron chi connectivity index (χ0n) is 8.88. The van der Waals surface area contributed by atoms with Crippen molar-refractivity contribution in [1.82, 2.24) is 15.0 Å². The van der Waals surface area contributed by atoms with Crippen molar-refractivity contribution in [1.29, 1.82) is 0 Å². The molecule has 0 fully saturated rings. The second-order valence-corrected chi connectivity index (χ2v) is 5.11. The van der Waals surface area contributed by atoms with Gasteiger partial charge in [0.2, 0.25) is 0 Å². The van der Waals surface area contributed by atoms with E-state index in [9.17, 15) is 0 Å². The molecule has 0 aliphatic rings. The summed E-state index contributed by atoms with van der Waals surface area (Å²) in [6, 6.07) is 0. The molecule has 0 saturated heterocycles. The summed E-state index contributed by atoms with van der Waals surface area (Å²) in [4.78, 5) is 13.7. The van der Waals surface area contributed by atoms with E-state index in [0.717, 1.165) is 22.5 Å². The Morgan fingerprint density at radius 3 is 3.00 bits per heavy atom. The first-order valence-corrected chi connectivity index (χ1v) is 6.76. The number of rotatable bonds is 5. The van der Waals surface area contributed by atoms with Crippen LogP contribution in [0.25, 0.3) is 0 Å². The van der Waals surface area contributed by atoms with E-state index in [1.807, 2.05) is 6.20 Å². The smallest absolute Gasteiger partial charge is 0.182 e. The number of aromatic nitrogens is 3. The molecule has 0 amide bonds. The van der Waals surface area contributed by atoms with Crippen LogP contribution in [0.5, 0.6) is 0 Å². The van der Waals surface area contributed by atoms with Gasteiger partial charge in [-0.2, -0.15) is 0 Å². The summed E-state index contributed by atoms with van der Waals surface area (Å²) >= 11 is 3.36. The van der Waals surface area contributed by atoms with Crippen LogP contribution in [0.15, 0.2) is 29.8 Å². The Bertz CT molecular complexity index is 429. The summed E-state index contributed by atoms with van der Waals surface area (Å²) in [6.07, 6.45) is 7.07. The third-order valence-electron chi connectivity index (χ3n) is 1.78. The minimum Gasteiger partial charge on any atom is -0.362 e. The summed E-state index contributed by atoms with van der Waals surface area (Å²) in [5.74, 6) is 0.891. The second kappa shape index (κ2) is 5.81. The monoisotopic (exact) mass is 252 g/mol. The van der Waals surface area contributed by atoms with Crippen LogP contribution in [-0.4, -0.2) is 21.5 Å². The highest BCUT2D eigenvalue weighted by atomic mass is 32.2. The second-order valence-electron chi connectivity index (χ2n) is 2.99. The number of hydrogen-bond donors (Lipinski definition) is 1. The van der Waals surface area contributed by atoms with Gasteiger partial charge in [-0.05, 0) is 6.92 Å². The molecule has 0 saturated carbocycles. The average Bonchev–Trinajstić information content (AvgIpc) is 2.76. The Balaban J connectivity index is 1.89. The third kappa shape index (κ3) is 3.18. The molecule has 2 heterocycles. The fourth-order valence-electron chi connectivity index (χ4n) is 1.11. The highest BCUT2D eigenvalue weighted by molar-refractivity contribution is 7.98. The third-order valence-corrected chi connectivity index (χ3v) is 3.88. The lowest BCUT2D eigenvalue weighted by atomic mass is 10.6. The normalized spacial score (nSPS) is 10.3. The molecule has 0 spiro atoms. The maximum absolute atomic E-state index is 4.28. The molecule has 16 heavy (non-hydrogen) atoms. The van der Waals surface area contributed by atoms with Crippen molar-refractivity contribution in [3.8, 4) is 0 Å². The van der Waals surface area contributed by atoms with Crippen LogP contribution in [0.2, 0.25) is 0 Å². The molecule has 2 aromatic heterocycles. The summed E-state index contributed by atoms with van der Waals surface area (Å²) in [6.45, 7) is 2.97. The van der Waals surface area contributed by atoms with Crippen molar-refractivity contribution >= 4 is 28.2 Å². The van der Waals surface area contributed by atoms with Crippen LogP contribution >= 0.6 is 23.1 Å². The fourth-order valence-corrected chi connectivity index (χ4v) is 2.84. The summed E-state index contributed by atoms with van der Waals surface area (Å²) in [5.41, 5.74) is 0. The van der Waals surface area contributed by atoms with Gasteiger partial charge < -0.3 is 5.32 Å². The minimum absolute atomic E-state index is 0.891. The molecule has 0 radical (unpaired) electrons. The maximum atomic E-state index is 4.28. The first-order valence-electron chi connectivity index (χ1n) is 4.96. The van der Waals surface area contributed by atoms with Gasteiger partial charge in [0, 0.05) is 35.8 Å². The number of nitrogens with zero attached hydrogens (tertiary/aromatic N) is 3. The largest absolute Gasteiger partial charge is 0.362 e. The molecule has 1 N–H and O–H groups in total. The number of hydrogen-bond acceptors (Lipinski definition) is 6. The Labute approximate surface area is 103 Å². The standard InChI is InChI=1S/C10H12N4S2/c1-2-12-10-14-5-8(16-10)7-15-9-6-11-3-4-13-9/h3-6H,2,7H2,1H3,(H,12,14). The van der Waals surface area contributed by atoms with E-state index in [2.05, 4.69) is 27.2 Å².